The van der Waals surface area contributed by atoms with Crippen LogP contribution in [0.25, 0.3) is 0 Å². The van der Waals surface area contributed by atoms with E-state index in [0.29, 0.717) is 22.7 Å². The maximum atomic E-state index is 13.3. The number of pyridine rings is 1. The molecule has 0 aliphatic rings. The molecule has 1 amide bonds. The molecule has 4 rings (SSSR count). The van der Waals surface area contributed by atoms with Gasteiger partial charge in [-0.3, -0.25) is 14.3 Å². The second-order valence-corrected chi connectivity index (χ2v) is 8.07. The van der Waals surface area contributed by atoms with E-state index in [1.807, 2.05) is 0 Å². The predicted octanol–water partition coefficient (Wildman–Crippen LogP) is 2.27. The van der Waals surface area contributed by atoms with Gasteiger partial charge in [0.1, 0.15) is 23.0 Å². The molecule has 0 radical (unpaired) electrons. The van der Waals surface area contributed by atoms with Gasteiger partial charge in [0.25, 0.3) is 5.91 Å². The highest BCUT2D eigenvalue weighted by atomic mass is 19.1. The van der Waals surface area contributed by atoms with Gasteiger partial charge in [-0.2, -0.15) is 4.98 Å². The van der Waals surface area contributed by atoms with E-state index in [1.54, 1.807) is 49.4 Å². The van der Waals surface area contributed by atoms with Crippen molar-refractivity contribution >= 4 is 17.5 Å². The molecule has 196 valence electrons. The van der Waals surface area contributed by atoms with E-state index in [2.05, 4.69) is 20.6 Å². The lowest BCUT2D eigenvalue weighted by Gasteiger charge is -2.15. The van der Waals surface area contributed by atoms with E-state index in [9.17, 15) is 18.8 Å². The molecule has 12 heteroatoms. The number of halogens is 1. The molecule has 0 saturated heterocycles. The van der Waals surface area contributed by atoms with Gasteiger partial charge in [-0.05, 0) is 55.0 Å². The van der Waals surface area contributed by atoms with Gasteiger partial charge >= 0.3 is 11.4 Å². The third-order valence-corrected chi connectivity index (χ3v) is 5.43. The summed E-state index contributed by atoms with van der Waals surface area (Å²) in [5.74, 6) is 0.0457. The smallest absolute Gasteiger partial charge is 0.354 e. The summed E-state index contributed by atoms with van der Waals surface area (Å²) in [4.78, 5) is 45.5. The molecule has 3 N–H and O–H groups in total. The zero-order chi connectivity index (χ0) is 27.1. The number of aromatic nitrogens is 4. The minimum atomic E-state index is -0.688. The summed E-state index contributed by atoms with van der Waals surface area (Å²) in [5.41, 5.74) is 0.0959. The Balaban J connectivity index is 1.54. The lowest BCUT2D eigenvalue weighted by molar-refractivity contribution is 0.0939. The number of hydrogen-bond donors (Lipinski definition) is 3. The summed E-state index contributed by atoms with van der Waals surface area (Å²) in [7, 11) is 0. The maximum Gasteiger partial charge on any atom is 0.354 e. The van der Waals surface area contributed by atoms with Crippen LogP contribution in [0.3, 0.4) is 0 Å². The van der Waals surface area contributed by atoms with E-state index >= 15 is 0 Å². The van der Waals surface area contributed by atoms with Crippen molar-refractivity contribution in [3.05, 3.63) is 105 Å². The van der Waals surface area contributed by atoms with Crippen LogP contribution in [0, 0.1) is 5.82 Å². The molecule has 0 atom stereocenters. The van der Waals surface area contributed by atoms with Crippen molar-refractivity contribution < 1.29 is 19.0 Å². The molecule has 0 unspecified atom stereocenters. The Morgan fingerprint density at radius 1 is 1.03 bits per heavy atom. The number of nitrogens with zero attached hydrogens (tertiary/aromatic N) is 4. The fourth-order valence-electron chi connectivity index (χ4n) is 3.54. The molecule has 0 bridgehead atoms. The summed E-state index contributed by atoms with van der Waals surface area (Å²) in [6.07, 6.45) is 1.43. The van der Waals surface area contributed by atoms with Gasteiger partial charge in [-0.1, -0.05) is 12.1 Å². The monoisotopic (exact) mass is 520 g/mol. The van der Waals surface area contributed by atoms with E-state index < -0.39 is 23.1 Å². The molecule has 4 aromatic rings. The molecule has 0 spiro atoms. The van der Waals surface area contributed by atoms with Crippen LogP contribution < -0.4 is 26.7 Å². The first-order valence-corrected chi connectivity index (χ1v) is 11.7. The van der Waals surface area contributed by atoms with Crippen molar-refractivity contribution in [3.8, 4) is 11.5 Å². The van der Waals surface area contributed by atoms with E-state index in [0.717, 1.165) is 4.57 Å². The molecule has 2 heterocycles. The first kappa shape index (κ1) is 26.2. The molecular formula is C26H25FN6O5. The van der Waals surface area contributed by atoms with Crippen LogP contribution in [0.4, 0.5) is 16.0 Å². The number of carbonyl (C=O) groups excluding carboxylic acids is 1. The molecular weight excluding hydrogens is 495 g/mol. The van der Waals surface area contributed by atoms with Crippen molar-refractivity contribution in [1.82, 2.24) is 24.4 Å². The van der Waals surface area contributed by atoms with Crippen LogP contribution in [-0.2, 0) is 13.1 Å². The molecule has 0 saturated carbocycles. The van der Waals surface area contributed by atoms with Crippen LogP contribution in [0.5, 0.6) is 11.5 Å². The SMILES string of the molecule is CCn1c(=O)nc(Nc2ccc(Oc3ccnc(C(=O)NCCO)c3)cc2)n(Cc2ccc(F)cc2)c1=O. The van der Waals surface area contributed by atoms with Crippen LogP contribution in [-0.4, -0.2) is 43.3 Å². The quantitative estimate of drug-likeness (QED) is 0.289. The summed E-state index contributed by atoms with van der Waals surface area (Å²) in [6.45, 7) is 1.83. The Hall–Kier alpha value is -4.84. The first-order valence-electron chi connectivity index (χ1n) is 11.7. The fraction of sp³-hybridized carbons (Fsp3) is 0.192. The predicted molar refractivity (Wildman–Crippen MR) is 137 cm³/mol. The Bertz CT molecular complexity index is 1530. The van der Waals surface area contributed by atoms with Crippen molar-refractivity contribution in [3.63, 3.8) is 0 Å². The third kappa shape index (κ3) is 6.28. The minimum Gasteiger partial charge on any atom is -0.457 e. The number of aliphatic hydroxyl groups excluding tert-OH is 1. The number of carbonyl (C=O) groups is 1. The number of nitrogens with one attached hydrogen (secondary N) is 2. The number of benzene rings is 2. The average molecular weight is 521 g/mol. The highest BCUT2D eigenvalue weighted by Gasteiger charge is 2.14. The Morgan fingerprint density at radius 3 is 2.45 bits per heavy atom. The Labute approximate surface area is 216 Å². The lowest BCUT2D eigenvalue weighted by Crippen LogP contribution is -2.42. The van der Waals surface area contributed by atoms with Gasteiger partial charge < -0.3 is 20.5 Å². The summed E-state index contributed by atoms with van der Waals surface area (Å²) in [5, 5.41) is 14.4. The van der Waals surface area contributed by atoms with Crippen molar-refractivity contribution in [1.29, 1.82) is 0 Å². The lowest BCUT2D eigenvalue weighted by atomic mass is 10.2. The fourth-order valence-corrected chi connectivity index (χ4v) is 3.54. The molecule has 2 aromatic carbocycles. The van der Waals surface area contributed by atoms with E-state index in [4.69, 9.17) is 9.84 Å². The maximum absolute atomic E-state index is 13.3. The minimum absolute atomic E-state index is 0.0374. The van der Waals surface area contributed by atoms with E-state index in [1.165, 1.54) is 29.0 Å². The Kier molecular flexibility index (Phi) is 8.23. The van der Waals surface area contributed by atoms with Crippen LogP contribution in [0.2, 0.25) is 0 Å². The van der Waals surface area contributed by atoms with E-state index in [-0.39, 0.29) is 37.9 Å². The van der Waals surface area contributed by atoms with Crippen molar-refractivity contribution in [2.45, 2.75) is 20.0 Å². The zero-order valence-electron chi connectivity index (χ0n) is 20.4. The number of ether oxygens (including phenoxy) is 1. The van der Waals surface area contributed by atoms with Crippen molar-refractivity contribution in [2.75, 3.05) is 18.5 Å². The normalized spacial score (nSPS) is 10.7. The highest BCUT2D eigenvalue weighted by molar-refractivity contribution is 5.92. The first-order chi connectivity index (χ1) is 18.4. The number of amides is 1. The summed E-state index contributed by atoms with van der Waals surface area (Å²) >= 11 is 0. The summed E-state index contributed by atoms with van der Waals surface area (Å²) in [6, 6.07) is 15.4. The Morgan fingerprint density at radius 2 is 1.76 bits per heavy atom. The van der Waals surface area contributed by atoms with Crippen LogP contribution in [0.15, 0.2) is 76.4 Å². The largest absolute Gasteiger partial charge is 0.457 e. The number of anilines is 2. The number of hydrogen-bond acceptors (Lipinski definition) is 8. The van der Waals surface area contributed by atoms with Gasteiger partial charge in [0.15, 0.2) is 0 Å². The second-order valence-electron chi connectivity index (χ2n) is 8.07. The van der Waals surface area contributed by atoms with Gasteiger partial charge in [0, 0.05) is 31.0 Å². The molecule has 0 aliphatic carbocycles. The molecule has 11 nitrogen and oxygen atoms in total. The van der Waals surface area contributed by atoms with Gasteiger partial charge in [0.2, 0.25) is 5.95 Å². The van der Waals surface area contributed by atoms with Crippen LogP contribution >= 0.6 is 0 Å². The second kappa shape index (κ2) is 11.9. The standard InChI is InChI=1S/C26H25FN6O5/c1-2-32-25(36)31-24(33(26(32)37)16-17-3-5-18(27)6-4-17)30-19-7-9-20(10-8-19)38-21-11-12-28-22(15-21)23(35)29-13-14-34/h3-12,15,34H,2,13-14,16H2,1H3,(H,29,35)(H,30,31,36). The third-order valence-electron chi connectivity index (χ3n) is 5.43. The van der Waals surface area contributed by atoms with Gasteiger partial charge in [0.05, 0.1) is 13.2 Å². The molecule has 0 fully saturated rings. The van der Waals surface area contributed by atoms with Gasteiger partial charge in [-0.15, -0.1) is 0 Å². The average Bonchev–Trinajstić information content (AvgIpc) is 2.92. The topological polar surface area (TPSA) is 140 Å². The zero-order valence-corrected chi connectivity index (χ0v) is 20.4. The molecule has 38 heavy (non-hydrogen) atoms. The highest BCUT2D eigenvalue weighted by Crippen LogP contribution is 2.24. The summed E-state index contributed by atoms with van der Waals surface area (Å²) < 4.78 is 21.5. The van der Waals surface area contributed by atoms with Crippen molar-refractivity contribution in [2.24, 2.45) is 0 Å². The molecule has 0 aliphatic heterocycles. The number of aliphatic hydroxyl groups is 1. The van der Waals surface area contributed by atoms with Gasteiger partial charge in [-0.25, -0.2) is 18.5 Å². The molecule has 2 aromatic heterocycles. The van der Waals surface area contributed by atoms with Crippen LogP contribution in [0.1, 0.15) is 23.0 Å². The number of rotatable bonds is 10.